The van der Waals surface area contributed by atoms with Gasteiger partial charge in [0, 0.05) is 34.6 Å². The van der Waals surface area contributed by atoms with Gasteiger partial charge >= 0.3 is 0 Å². The van der Waals surface area contributed by atoms with Crippen molar-refractivity contribution in [2.24, 2.45) is 0 Å². The van der Waals surface area contributed by atoms with Crippen molar-refractivity contribution in [2.45, 2.75) is 45.7 Å². The van der Waals surface area contributed by atoms with Crippen molar-refractivity contribution < 1.29 is 4.39 Å². The lowest BCUT2D eigenvalue weighted by molar-refractivity contribution is 0.459. The maximum atomic E-state index is 13.4. The van der Waals surface area contributed by atoms with E-state index < -0.39 is 0 Å². The van der Waals surface area contributed by atoms with Gasteiger partial charge in [0.05, 0.1) is 17.1 Å². The number of hydrogen-bond acceptors (Lipinski definition) is 3. The molecule has 30 heavy (non-hydrogen) atoms. The third-order valence-corrected chi connectivity index (χ3v) is 4.88. The van der Waals surface area contributed by atoms with Crippen LogP contribution < -0.4 is 5.32 Å². The summed E-state index contributed by atoms with van der Waals surface area (Å²) < 4.78 is 15.4. The Morgan fingerprint density at radius 1 is 1.17 bits per heavy atom. The van der Waals surface area contributed by atoms with Gasteiger partial charge in [0.2, 0.25) is 0 Å². The van der Waals surface area contributed by atoms with Gasteiger partial charge in [-0.3, -0.25) is 4.68 Å². The highest BCUT2D eigenvalue weighted by Crippen LogP contribution is 2.29. The molecule has 0 aliphatic heterocycles. The summed E-state index contributed by atoms with van der Waals surface area (Å²) in [5, 5.41) is 7.94. The second kappa shape index (κ2) is 8.66. The van der Waals surface area contributed by atoms with Crippen molar-refractivity contribution in [3.05, 3.63) is 79.3 Å². The molecule has 0 saturated carbocycles. The Morgan fingerprint density at radius 3 is 2.47 bits per heavy atom. The van der Waals surface area contributed by atoms with Crippen LogP contribution in [0.2, 0.25) is 0 Å². The number of nitrogens with zero attached hydrogens (tertiary/aromatic N) is 3. The van der Waals surface area contributed by atoms with Crippen LogP contribution in [0, 0.1) is 5.82 Å². The number of nitrogens with one attached hydrogen (secondary N) is 1. The zero-order valence-corrected chi connectivity index (χ0v) is 18.1. The van der Waals surface area contributed by atoms with Crippen molar-refractivity contribution in [3.8, 4) is 22.6 Å². The third-order valence-electron chi connectivity index (χ3n) is 4.88. The van der Waals surface area contributed by atoms with E-state index in [-0.39, 0.29) is 17.4 Å². The molecule has 0 amide bonds. The zero-order valence-electron chi connectivity index (χ0n) is 18.1. The number of hydrogen-bond donors (Lipinski definition) is 1. The highest BCUT2D eigenvalue weighted by atomic mass is 19.1. The molecule has 0 atom stereocenters. The van der Waals surface area contributed by atoms with E-state index in [2.05, 4.69) is 51.3 Å². The zero-order chi connectivity index (χ0) is 21.9. The van der Waals surface area contributed by atoms with Gasteiger partial charge in [-0.1, -0.05) is 12.7 Å². The molecule has 3 aromatic rings. The van der Waals surface area contributed by atoms with Gasteiger partial charge in [0.15, 0.2) is 0 Å². The summed E-state index contributed by atoms with van der Waals surface area (Å²) in [6.07, 6.45) is 4.47. The van der Waals surface area contributed by atoms with Crippen LogP contribution in [0.3, 0.4) is 0 Å². The Balaban J connectivity index is 2.11. The standard InChI is InChI=1S/C25H29FN4/c1-7-13-25(5,6)29-18(4)20-15-22(19-8-10-21(26)11-9-19)28-23(16-20)24-12-14-27-30(24)17(2)3/h7-12,14-17,29H,1,4,13H2,2-3,5-6H3. The molecule has 1 aromatic carbocycles. The Morgan fingerprint density at radius 2 is 1.83 bits per heavy atom. The monoisotopic (exact) mass is 404 g/mol. The molecule has 0 saturated heterocycles. The van der Waals surface area contributed by atoms with E-state index in [1.165, 1.54) is 12.1 Å². The number of aromatic nitrogens is 3. The molecule has 1 N–H and O–H groups in total. The first-order valence-corrected chi connectivity index (χ1v) is 10.1. The number of pyridine rings is 1. The molecule has 156 valence electrons. The van der Waals surface area contributed by atoms with Crippen molar-refractivity contribution in [3.63, 3.8) is 0 Å². The van der Waals surface area contributed by atoms with Gasteiger partial charge in [-0.15, -0.1) is 6.58 Å². The lowest BCUT2D eigenvalue weighted by Crippen LogP contribution is -2.37. The van der Waals surface area contributed by atoms with Crippen LogP contribution in [0.1, 0.15) is 45.7 Å². The number of halogens is 1. The number of rotatable bonds is 8. The van der Waals surface area contributed by atoms with E-state index in [1.807, 2.05) is 29.0 Å². The normalized spacial score (nSPS) is 11.5. The van der Waals surface area contributed by atoms with E-state index in [1.54, 1.807) is 18.3 Å². The smallest absolute Gasteiger partial charge is 0.123 e. The number of benzene rings is 1. The molecule has 0 radical (unpaired) electrons. The summed E-state index contributed by atoms with van der Waals surface area (Å²) in [4.78, 5) is 4.87. The second-order valence-corrected chi connectivity index (χ2v) is 8.37. The minimum atomic E-state index is -0.273. The fraction of sp³-hybridized carbons (Fsp3) is 0.280. The van der Waals surface area contributed by atoms with Crippen molar-refractivity contribution in [1.29, 1.82) is 0 Å². The van der Waals surface area contributed by atoms with Crippen LogP contribution in [-0.4, -0.2) is 20.3 Å². The topological polar surface area (TPSA) is 42.7 Å². The molecule has 0 aliphatic carbocycles. The molecule has 0 fully saturated rings. The SMILES string of the molecule is C=CCC(C)(C)NC(=C)c1cc(-c2ccc(F)cc2)nc(-c2ccnn2C(C)C)c1. The molecule has 0 aliphatic rings. The molecule has 4 nitrogen and oxygen atoms in total. The predicted molar refractivity (Wildman–Crippen MR) is 122 cm³/mol. The van der Waals surface area contributed by atoms with Gasteiger partial charge in [0.1, 0.15) is 5.82 Å². The van der Waals surface area contributed by atoms with Gasteiger partial charge in [-0.25, -0.2) is 9.37 Å². The van der Waals surface area contributed by atoms with Gasteiger partial charge in [-0.2, -0.15) is 5.10 Å². The van der Waals surface area contributed by atoms with Crippen LogP contribution >= 0.6 is 0 Å². The molecule has 2 heterocycles. The second-order valence-electron chi connectivity index (χ2n) is 8.37. The predicted octanol–water partition coefficient (Wildman–Crippen LogP) is 6.25. The summed E-state index contributed by atoms with van der Waals surface area (Å²) in [7, 11) is 0. The Hall–Kier alpha value is -3.21. The average Bonchev–Trinajstić information content (AvgIpc) is 3.18. The van der Waals surface area contributed by atoms with E-state index >= 15 is 0 Å². The summed E-state index contributed by atoms with van der Waals surface area (Å²) in [5.74, 6) is -0.273. The molecule has 0 spiro atoms. The molecule has 5 heteroatoms. The average molecular weight is 405 g/mol. The van der Waals surface area contributed by atoms with Crippen molar-refractivity contribution in [2.75, 3.05) is 0 Å². The van der Waals surface area contributed by atoms with Crippen LogP contribution in [0.25, 0.3) is 28.3 Å². The van der Waals surface area contributed by atoms with Crippen LogP contribution in [-0.2, 0) is 0 Å². The van der Waals surface area contributed by atoms with E-state index in [9.17, 15) is 4.39 Å². The van der Waals surface area contributed by atoms with Gasteiger partial charge in [0.25, 0.3) is 0 Å². The molecule has 0 unspecified atom stereocenters. The molecule has 2 aromatic heterocycles. The lowest BCUT2D eigenvalue weighted by atomic mass is 9.98. The van der Waals surface area contributed by atoms with E-state index in [4.69, 9.17) is 4.98 Å². The highest BCUT2D eigenvalue weighted by Gasteiger charge is 2.19. The maximum absolute atomic E-state index is 13.4. The minimum absolute atomic E-state index is 0.183. The van der Waals surface area contributed by atoms with Crippen LogP contribution in [0.5, 0.6) is 0 Å². The highest BCUT2D eigenvalue weighted by molar-refractivity contribution is 5.73. The maximum Gasteiger partial charge on any atom is 0.123 e. The Labute approximate surface area is 178 Å². The Bertz CT molecular complexity index is 1050. The van der Waals surface area contributed by atoms with Crippen LogP contribution in [0.4, 0.5) is 4.39 Å². The summed E-state index contributed by atoms with van der Waals surface area (Å²) in [6.45, 7) is 16.5. The molecule has 3 rings (SSSR count). The minimum Gasteiger partial charge on any atom is -0.380 e. The summed E-state index contributed by atoms with van der Waals surface area (Å²) in [5.41, 5.74) is 4.85. The van der Waals surface area contributed by atoms with Gasteiger partial charge < -0.3 is 5.32 Å². The first-order chi connectivity index (χ1) is 14.2. The first-order valence-electron chi connectivity index (χ1n) is 10.1. The third kappa shape index (κ3) is 4.85. The van der Waals surface area contributed by atoms with Crippen molar-refractivity contribution in [1.82, 2.24) is 20.1 Å². The fourth-order valence-electron chi connectivity index (χ4n) is 3.43. The first kappa shape index (κ1) is 21.5. The van der Waals surface area contributed by atoms with E-state index in [0.717, 1.165) is 40.3 Å². The summed E-state index contributed by atoms with van der Waals surface area (Å²) >= 11 is 0. The summed E-state index contributed by atoms with van der Waals surface area (Å²) in [6, 6.07) is 12.5. The largest absolute Gasteiger partial charge is 0.380 e. The Kier molecular flexibility index (Phi) is 6.20. The molecular formula is C25H29FN4. The molecule has 0 bridgehead atoms. The lowest BCUT2D eigenvalue weighted by Gasteiger charge is -2.28. The van der Waals surface area contributed by atoms with E-state index in [0.29, 0.717) is 0 Å². The van der Waals surface area contributed by atoms with Crippen molar-refractivity contribution >= 4 is 5.70 Å². The molecular weight excluding hydrogens is 375 g/mol. The fourth-order valence-corrected chi connectivity index (χ4v) is 3.43. The quantitative estimate of drug-likeness (QED) is 0.451. The van der Waals surface area contributed by atoms with Crippen LogP contribution in [0.15, 0.2) is 67.9 Å². The van der Waals surface area contributed by atoms with Gasteiger partial charge in [-0.05, 0) is 76.6 Å².